The van der Waals surface area contributed by atoms with Gasteiger partial charge in [-0.25, -0.2) is 4.68 Å². The van der Waals surface area contributed by atoms with Gasteiger partial charge in [0.15, 0.2) is 5.96 Å². The molecule has 154 valence electrons. The van der Waals surface area contributed by atoms with Gasteiger partial charge in [0.2, 0.25) is 0 Å². The monoisotopic (exact) mass is 499 g/mol. The Hall–Kier alpha value is -1.81. The molecule has 8 heteroatoms. The molecule has 0 aliphatic heterocycles. The smallest absolute Gasteiger partial charge is 0.191 e. The summed E-state index contributed by atoms with van der Waals surface area (Å²) in [4.78, 5) is 4.25. The number of ether oxygens (including phenoxy) is 2. The predicted molar refractivity (Wildman–Crippen MR) is 122 cm³/mol. The van der Waals surface area contributed by atoms with Crippen LogP contribution in [0, 0.1) is 5.92 Å². The predicted octanol–water partition coefficient (Wildman–Crippen LogP) is 2.98. The van der Waals surface area contributed by atoms with Gasteiger partial charge in [-0.05, 0) is 55.5 Å². The van der Waals surface area contributed by atoms with Gasteiger partial charge >= 0.3 is 0 Å². The number of rotatable bonds is 10. The summed E-state index contributed by atoms with van der Waals surface area (Å²) in [6, 6.07) is 9.81. The van der Waals surface area contributed by atoms with Gasteiger partial charge in [-0.3, -0.25) is 4.99 Å². The molecule has 1 fully saturated rings. The van der Waals surface area contributed by atoms with E-state index in [1.807, 2.05) is 41.2 Å². The molecule has 0 saturated heterocycles. The third kappa shape index (κ3) is 7.31. The van der Waals surface area contributed by atoms with Crippen molar-refractivity contribution in [3.8, 4) is 11.4 Å². The molecule has 1 aromatic carbocycles. The fourth-order valence-corrected chi connectivity index (χ4v) is 2.65. The highest BCUT2D eigenvalue weighted by Gasteiger charge is 2.20. The lowest BCUT2D eigenvalue weighted by Gasteiger charge is -2.11. The molecule has 0 amide bonds. The van der Waals surface area contributed by atoms with Gasteiger partial charge in [0.1, 0.15) is 5.75 Å². The normalized spacial score (nSPS) is 13.7. The van der Waals surface area contributed by atoms with Crippen LogP contribution in [0.3, 0.4) is 0 Å². The van der Waals surface area contributed by atoms with Gasteiger partial charge in [0.25, 0.3) is 0 Å². The Morgan fingerprint density at radius 1 is 1.21 bits per heavy atom. The molecule has 2 N–H and O–H groups in total. The maximum Gasteiger partial charge on any atom is 0.191 e. The first-order valence-corrected chi connectivity index (χ1v) is 9.49. The second-order valence-electron chi connectivity index (χ2n) is 6.67. The van der Waals surface area contributed by atoms with E-state index < -0.39 is 0 Å². The van der Waals surface area contributed by atoms with Crippen LogP contribution in [-0.2, 0) is 11.3 Å². The first-order chi connectivity index (χ1) is 13.3. The Balaban J connectivity index is 0.00000280. The van der Waals surface area contributed by atoms with E-state index in [4.69, 9.17) is 9.47 Å². The average Bonchev–Trinajstić information content (AvgIpc) is 3.42. The third-order valence-electron chi connectivity index (χ3n) is 4.45. The number of benzene rings is 1. The highest BCUT2D eigenvalue weighted by atomic mass is 127. The fourth-order valence-electron chi connectivity index (χ4n) is 2.65. The van der Waals surface area contributed by atoms with Crippen molar-refractivity contribution >= 4 is 29.9 Å². The van der Waals surface area contributed by atoms with Crippen molar-refractivity contribution in [2.24, 2.45) is 10.9 Å². The highest BCUT2D eigenvalue weighted by molar-refractivity contribution is 14.0. The number of nitrogens with one attached hydrogen (secondary N) is 2. The van der Waals surface area contributed by atoms with Crippen LogP contribution >= 0.6 is 24.0 Å². The van der Waals surface area contributed by atoms with Crippen LogP contribution in [0.5, 0.6) is 5.75 Å². The summed E-state index contributed by atoms with van der Waals surface area (Å²) in [6.07, 6.45) is 5.60. The third-order valence-corrected chi connectivity index (χ3v) is 4.45. The summed E-state index contributed by atoms with van der Waals surface area (Å²) in [5, 5.41) is 11.2. The molecule has 0 unspecified atom stereocenters. The number of guanidine groups is 1. The molecule has 0 bridgehead atoms. The van der Waals surface area contributed by atoms with Gasteiger partial charge in [-0.15, -0.1) is 24.0 Å². The van der Waals surface area contributed by atoms with Crippen molar-refractivity contribution in [2.75, 3.05) is 33.9 Å². The summed E-state index contributed by atoms with van der Waals surface area (Å²) in [7, 11) is 3.43. The first-order valence-electron chi connectivity index (χ1n) is 9.49. The Kier molecular flexibility index (Phi) is 9.56. The number of hydrogen-bond donors (Lipinski definition) is 2. The van der Waals surface area contributed by atoms with E-state index in [-0.39, 0.29) is 24.0 Å². The van der Waals surface area contributed by atoms with Crippen molar-refractivity contribution in [3.05, 3.63) is 42.2 Å². The first kappa shape index (κ1) is 22.5. The Labute approximate surface area is 183 Å². The van der Waals surface area contributed by atoms with Gasteiger partial charge in [-0.1, -0.05) is 0 Å². The van der Waals surface area contributed by atoms with Crippen molar-refractivity contribution < 1.29 is 9.47 Å². The summed E-state index contributed by atoms with van der Waals surface area (Å²) in [5.41, 5.74) is 1.94. The molecule has 1 aromatic heterocycles. The van der Waals surface area contributed by atoms with Crippen LogP contribution in [0.15, 0.2) is 41.5 Å². The van der Waals surface area contributed by atoms with Gasteiger partial charge in [0, 0.05) is 33.0 Å². The van der Waals surface area contributed by atoms with E-state index in [0.717, 1.165) is 55.2 Å². The molecule has 0 spiro atoms. The summed E-state index contributed by atoms with van der Waals surface area (Å²) in [6.45, 7) is 3.17. The topological polar surface area (TPSA) is 72.7 Å². The van der Waals surface area contributed by atoms with Crippen molar-refractivity contribution in [1.29, 1.82) is 0 Å². The molecular weight excluding hydrogens is 469 g/mol. The van der Waals surface area contributed by atoms with E-state index >= 15 is 0 Å². The molecule has 7 nitrogen and oxygen atoms in total. The lowest BCUT2D eigenvalue weighted by molar-refractivity contribution is 0.123. The van der Waals surface area contributed by atoms with Crippen LogP contribution < -0.4 is 15.4 Å². The van der Waals surface area contributed by atoms with Crippen LogP contribution in [0.2, 0.25) is 0 Å². The zero-order chi connectivity index (χ0) is 18.9. The minimum absolute atomic E-state index is 0. The van der Waals surface area contributed by atoms with E-state index in [9.17, 15) is 0 Å². The number of hydrogen-bond acceptors (Lipinski definition) is 4. The number of aromatic nitrogens is 2. The zero-order valence-electron chi connectivity index (χ0n) is 16.6. The Bertz CT molecular complexity index is 728. The molecule has 28 heavy (non-hydrogen) atoms. The van der Waals surface area contributed by atoms with E-state index in [1.54, 1.807) is 14.2 Å². The number of halogens is 1. The number of nitrogens with zero attached hydrogens (tertiary/aromatic N) is 3. The van der Waals surface area contributed by atoms with Crippen LogP contribution in [0.1, 0.15) is 25.0 Å². The van der Waals surface area contributed by atoms with Crippen molar-refractivity contribution in [1.82, 2.24) is 20.4 Å². The number of aliphatic imine (C=N–C) groups is 1. The molecule has 3 rings (SSSR count). The molecule has 1 heterocycles. The number of methoxy groups -OCH3 is 1. The highest BCUT2D eigenvalue weighted by Crippen LogP contribution is 2.28. The standard InChI is InChI=1S/C20H29N5O2.HI/c1-21-20(22-11-3-13-27-15-16-4-5-16)23-14-17-10-12-25(24-17)18-6-8-19(26-2)9-7-18;/h6-10,12,16H,3-5,11,13-15H2,1-2H3,(H2,21,22,23);1H. The Morgan fingerprint density at radius 3 is 2.68 bits per heavy atom. The largest absolute Gasteiger partial charge is 0.497 e. The van der Waals surface area contributed by atoms with E-state index in [2.05, 4.69) is 20.7 Å². The van der Waals surface area contributed by atoms with Crippen molar-refractivity contribution in [2.45, 2.75) is 25.8 Å². The molecule has 1 saturated carbocycles. The lowest BCUT2D eigenvalue weighted by Crippen LogP contribution is -2.37. The lowest BCUT2D eigenvalue weighted by atomic mass is 10.3. The zero-order valence-corrected chi connectivity index (χ0v) is 18.9. The van der Waals surface area contributed by atoms with Gasteiger partial charge in [0.05, 0.1) is 25.0 Å². The molecule has 2 aromatic rings. The second kappa shape index (κ2) is 11.9. The maximum atomic E-state index is 5.64. The van der Waals surface area contributed by atoms with Gasteiger partial charge in [-0.2, -0.15) is 5.10 Å². The minimum atomic E-state index is 0. The molecule has 1 aliphatic carbocycles. The van der Waals surface area contributed by atoms with Crippen LogP contribution in [0.4, 0.5) is 0 Å². The van der Waals surface area contributed by atoms with Crippen LogP contribution in [-0.4, -0.2) is 49.7 Å². The fraction of sp³-hybridized carbons (Fsp3) is 0.500. The maximum absolute atomic E-state index is 5.64. The summed E-state index contributed by atoms with van der Waals surface area (Å²) >= 11 is 0. The SMILES string of the molecule is CN=C(NCCCOCC1CC1)NCc1ccn(-c2ccc(OC)cc2)n1.I. The van der Waals surface area contributed by atoms with Gasteiger partial charge < -0.3 is 20.1 Å². The summed E-state index contributed by atoms with van der Waals surface area (Å²) in [5.74, 6) is 2.43. The minimum Gasteiger partial charge on any atom is -0.497 e. The van der Waals surface area contributed by atoms with E-state index in [1.165, 1.54) is 12.8 Å². The second-order valence-corrected chi connectivity index (χ2v) is 6.67. The summed E-state index contributed by atoms with van der Waals surface area (Å²) < 4.78 is 12.7. The van der Waals surface area contributed by atoms with E-state index in [0.29, 0.717) is 6.54 Å². The molecule has 1 aliphatic rings. The van der Waals surface area contributed by atoms with Crippen molar-refractivity contribution in [3.63, 3.8) is 0 Å². The average molecular weight is 499 g/mol. The molecule has 0 radical (unpaired) electrons. The van der Waals surface area contributed by atoms with Crippen LogP contribution in [0.25, 0.3) is 5.69 Å². The molecule has 0 atom stereocenters. The Morgan fingerprint density at radius 2 is 2.00 bits per heavy atom. The quantitative estimate of drug-likeness (QED) is 0.228. The molecular formula is C20H30IN5O2.